The Kier molecular flexibility index (Phi) is 7.20. The van der Waals surface area contributed by atoms with Crippen LogP contribution in [-0.4, -0.2) is 43.9 Å². The number of esters is 1. The molecule has 2 unspecified atom stereocenters. The molecule has 1 aliphatic rings. The maximum absolute atomic E-state index is 12.6. The first kappa shape index (κ1) is 22.8. The SMILES string of the molecule is CC1CCCC(C)N1C(=O)COC(=O)c1ccccc1NS(=O)(=O)c1ccc(Br)s1. The molecule has 1 aromatic carbocycles. The van der Waals surface area contributed by atoms with Gasteiger partial charge in [0.25, 0.3) is 15.9 Å². The summed E-state index contributed by atoms with van der Waals surface area (Å²) in [4.78, 5) is 27.0. The molecule has 1 fully saturated rings. The third-order valence-electron chi connectivity index (χ3n) is 5.01. The molecule has 0 bridgehead atoms. The second kappa shape index (κ2) is 9.49. The average Bonchev–Trinajstić information content (AvgIpc) is 3.13. The molecule has 1 saturated heterocycles. The molecule has 162 valence electrons. The van der Waals surface area contributed by atoms with Crippen molar-refractivity contribution in [1.29, 1.82) is 0 Å². The predicted octanol–water partition coefficient (Wildman–Crippen LogP) is 4.26. The number of nitrogens with zero attached hydrogens (tertiary/aromatic N) is 1. The van der Waals surface area contributed by atoms with Gasteiger partial charge >= 0.3 is 5.97 Å². The van der Waals surface area contributed by atoms with Gasteiger partial charge in [0.15, 0.2) is 6.61 Å². The number of amides is 1. The Morgan fingerprint density at radius 3 is 2.47 bits per heavy atom. The van der Waals surface area contributed by atoms with Crippen LogP contribution in [0.5, 0.6) is 0 Å². The van der Waals surface area contributed by atoms with Gasteiger partial charge in [-0.15, -0.1) is 11.3 Å². The van der Waals surface area contributed by atoms with Crippen molar-refractivity contribution in [3.63, 3.8) is 0 Å². The highest BCUT2D eigenvalue weighted by molar-refractivity contribution is 9.11. The summed E-state index contributed by atoms with van der Waals surface area (Å²) in [5.74, 6) is -1.00. The van der Waals surface area contributed by atoms with Crippen molar-refractivity contribution in [2.75, 3.05) is 11.3 Å². The highest BCUT2D eigenvalue weighted by Gasteiger charge is 2.30. The Hall–Kier alpha value is -1.91. The van der Waals surface area contributed by atoms with Gasteiger partial charge in [0.2, 0.25) is 0 Å². The number of benzene rings is 1. The van der Waals surface area contributed by atoms with Crippen LogP contribution in [0.25, 0.3) is 0 Å². The smallest absolute Gasteiger partial charge is 0.340 e. The lowest BCUT2D eigenvalue weighted by Gasteiger charge is -2.38. The van der Waals surface area contributed by atoms with E-state index in [1.54, 1.807) is 23.1 Å². The molecule has 1 amide bonds. The van der Waals surface area contributed by atoms with Gasteiger partial charge in [0, 0.05) is 12.1 Å². The van der Waals surface area contributed by atoms with E-state index in [9.17, 15) is 18.0 Å². The highest BCUT2D eigenvalue weighted by atomic mass is 79.9. The van der Waals surface area contributed by atoms with E-state index >= 15 is 0 Å². The number of carbonyl (C=O) groups excluding carboxylic acids is 2. The second-order valence-corrected chi connectivity index (χ2v) is 11.6. The summed E-state index contributed by atoms with van der Waals surface area (Å²) in [7, 11) is -3.86. The van der Waals surface area contributed by atoms with Crippen LogP contribution in [0, 0.1) is 0 Å². The van der Waals surface area contributed by atoms with Crippen molar-refractivity contribution >= 4 is 54.9 Å². The fraction of sp³-hybridized carbons (Fsp3) is 0.400. The first-order valence-corrected chi connectivity index (χ1v) is 12.6. The van der Waals surface area contributed by atoms with Crippen LogP contribution < -0.4 is 4.72 Å². The predicted molar refractivity (Wildman–Crippen MR) is 119 cm³/mol. The van der Waals surface area contributed by atoms with Crippen LogP contribution in [0.15, 0.2) is 44.4 Å². The molecule has 30 heavy (non-hydrogen) atoms. The van der Waals surface area contributed by atoms with E-state index in [0.29, 0.717) is 3.79 Å². The second-order valence-electron chi connectivity index (χ2n) is 7.22. The van der Waals surface area contributed by atoms with Crippen LogP contribution in [0.4, 0.5) is 5.69 Å². The summed E-state index contributed by atoms with van der Waals surface area (Å²) in [6.45, 7) is 3.59. The lowest BCUT2D eigenvalue weighted by molar-refractivity contribution is -0.140. The highest BCUT2D eigenvalue weighted by Crippen LogP contribution is 2.29. The molecule has 0 radical (unpaired) electrons. The maximum atomic E-state index is 12.6. The molecular formula is C20H23BrN2O5S2. The number of hydrogen-bond donors (Lipinski definition) is 1. The maximum Gasteiger partial charge on any atom is 0.340 e. The largest absolute Gasteiger partial charge is 0.452 e. The van der Waals surface area contributed by atoms with E-state index in [-0.39, 0.29) is 40.1 Å². The third kappa shape index (κ3) is 5.22. The molecule has 0 aliphatic carbocycles. The molecule has 2 heterocycles. The number of halogens is 1. The first-order chi connectivity index (χ1) is 14.2. The molecule has 7 nitrogen and oxygen atoms in total. The average molecular weight is 515 g/mol. The Morgan fingerprint density at radius 1 is 1.17 bits per heavy atom. The lowest BCUT2D eigenvalue weighted by atomic mass is 9.97. The number of likely N-dealkylation sites (tertiary alicyclic amines) is 1. The Balaban J connectivity index is 1.70. The number of anilines is 1. The monoisotopic (exact) mass is 514 g/mol. The zero-order chi connectivity index (χ0) is 21.9. The number of rotatable bonds is 6. The Morgan fingerprint density at radius 2 is 1.83 bits per heavy atom. The summed E-state index contributed by atoms with van der Waals surface area (Å²) < 4.78 is 33.7. The van der Waals surface area contributed by atoms with E-state index in [1.165, 1.54) is 18.2 Å². The van der Waals surface area contributed by atoms with Gasteiger partial charge in [-0.05, 0) is 73.3 Å². The minimum atomic E-state index is -3.86. The number of ether oxygens (including phenoxy) is 1. The summed E-state index contributed by atoms with van der Waals surface area (Å²) in [6, 6.07) is 9.46. The molecule has 1 N–H and O–H groups in total. The van der Waals surface area contributed by atoms with Gasteiger partial charge in [-0.2, -0.15) is 0 Å². The van der Waals surface area contributed by atoms with Crippen LogP contribution in [0.2, 0.25) is 0 Å². The van der Waals surface area contributed by atoms with E-state index in [0.717, 1.165) is 30.6 Å². The number of thiophene rings is 1. The quantitative estimate of drug-likeness (QED) is 0.581. The van der Waals surface area contributed by atoms with Gasteiger partial charge in [-0.25, -0.2) is 13.2 Å². The van der Waals surface area contributed by atoms with Gasteiger partial charge in [0.1, 0.15) is 4.21 Å². The molecular weight excluding hydrogens is 492 g/mol. The minimum absolute atomic E-state index is 0.0456. The Bertz CT molecular complexity index is 1030. The van der Waals surface area contributed by atoms with Crippen molar-refractivity contribution in [1.82, 2.24) is 4.90 Å². The molecule has 3 rings (SSSR count). The van der Waals surface area contributed by atoms with Crippen molar-refractivity contribution in [2.24, 2.45) is 0 Å². The van der Waals surface area contributed by atoms with Gasteiger partial charge in [-0.3, -0.25) is 9.52 Å². The van der Waals surface area contributed by atoms with E-state index in [1.807, 2.05) is 13.8 Å². The van der Waals surface area contributed by atoms with E-state index < -0.39 is 16.0 Å². The summed E-state index contributed by atoms with van der Waals surface area (Å²) >= 11 is 4.30. The topological polar surface area (TPSA) is 92.8 Å². The minimum Gasteiger partial charge on any atom is -0.452 e. The van der Waals surface area contributed by atoms with E-state index in [2.05, 4.69) is 20.7 Å². The van der Waals surface area contributed by atoms with Crippen LogP contribution >= 0.6 is 27.3 Å². The fourth-order valence-electron chi connectivity index (χ4n) is 3.58. The summed E-state index contributed by atoms with van der Waals surface area (Å²) in [5, 5.41) is 0. The van der Waals surface area contributed by atoms with Gasteiger partial charge < -0.3 is 9.64 Å². The van der Waals surface area contributed by atoms with Crippen molar-refractivity contribution in [3.8, 4) is 0 Å². The molecule has 0 spiro atoms. The molecule has 1 aromatic heterocycles. The summed E-state index contributed by atoms with van der Waals surface area (Å²) in [6.07, 6.45) is 2.92. The third-order valence-corrected chi connectivity index (χ3v) is 8.49. The van der Waals surface area contributed by atoms with Crippen LogP contribution in [0.3, 0.4) is 0 Å². The standard InChI is InChI=1S/C20H23BrN2O5S2/c1-13-6-5-7-14(2)23(13)18(24)12-28-20(25)15-8-3-4-9-16(15)22-30(26,27)19-11-10-17(21)29-19/h3-4,8-11,13-14,22H,5-7,12H2,1-2H3. The van der Waals surface area contributed by atoms with Gasteiger partial charge in [0.05, 0.1) is 15.0 Å². The number of para-hydroxylation sites is 1. The fourth-order valence-corrected chi connectivity index (χ4v) is 6.67. The van der Waals surface area contributed by atoms with Crippen molar-refractivity contribution < 1.29 is 22.7 Å². The molecule has 1 aliphatic heterocycles. The molecule has 2 atom stereocenters. The lowest BCUT2D eigenvalue weighted by Crippen LogP contribution is -2.49. The first-order valence-electron chi connectivity index (χ1n) is 9.54. The number of piperidine rings is 1. The normalized spacial score (nSPS) is 19.4. The number of sulfonamides is 1. The molecule has 0 saturated carbocycles. The molecule has 10 heteroatoms. The Labute approximate surface area is 188 Å². The number of nitrogens with one attached hydrogen (secondary N) is 1. The van der Waals surface area contributed by atoms with Crippen LogP contribution in [-0.2, 0) is 19.6 Å². The molecule has 2 aromatic rings. The number of carbonyl (C=O) groups is 2. The van der Waals surface area contributed by atoms with Crippen molar-refractivity contribution in [3.05, 3.63) is 45.7 Å². The zero-order valence-electron chi connectivity index (χ0n) is 16.6. The van der Waals surface area contributed by atoms with Gasteiger partial charge in [-0.1, -0.05) is 12.1 Å². The zero-order valence-corrected chi connectivity index (χ0v) is 19.8. The van der Waals surface area contributed by atoms with Crippen LogP contribution in [0.1, 0.15) is 43.5 Å². The van der Waals surface area contributed by atoms with Crippen molar-refractivity contribution in [2.45, 2.75) is 49.4 Å². The van der Waals surface area contributed by atoms with E-state index in [4.69, 9.17) is 4.74 Å². The number of hydrogen-bond acceptors (Lipinski definition) is 6. The summed E-state index contributed by atoms with van der Waals surface area (Å²) in [5.41, 5.74) is 0.142.